The molecule has 0 radical (unpaired) electrons. The Hall–Kier alpha value is -2.17. The smallest absolute Gasteiger partial charge is 0.251 e. The highest BCUT2D eigenvalue weighted by molar-refractivity contribution is 5.96. The van der Waals surface area contributed by atoms with E-state index in [4.69, 9.17) is 0 Å². The number of carbonyl (C=O) groups is 1. The summed E-state index contributed by atoms with van der Waals surface area (Å²) in [6.45, 7) is 3.92. The topological polar surface area (TPSA) is 61.4 Å². The number of nitrogens with one attached hydrogen (secondary N) is 2. The van der Waals surface area contributed by atoms with Crippen LogP contribution in [0.1, 0.15) is 38.7 Å². The Morgan fingerprint density at radius 2 is 2.04 bits per heavy atom. The summed E-state index contributed by atoms with van der Waals surface area (Å²) in [6.07, 6.45) is 0.167. The largest absolute Gasteiger partial charge is 0.387 e. The Morgan fingerprint density at radius 3 is 2.83 bits per heavy atom. The Kier molecular flexibility index (Phi) is 4.74. The molecule has 0 spiro atoms. The van der Waals surface area contributed by atoms with Crippen LogP contribution in [0.4, 0.5) is 0 Å². The lowest BCUT2D eigenvalue weighted by atomic mass is 9.95. The quantitative estimate of drug-likeness (QED) is 0.810. The van der Waals surface area contributed by atoms with Gasteiger partial charge in [-0.3, -0.25) is 4.79 Å². The van der Waals surface area contributed by atoms with Crippen molar-refractivity contribution in [2.45, 2.75) is 26.0 Å². The minimum atomic E-state index is -0.694. The van der Waals surface area contributed by atoms with Gasteiger partial charge in [0.2, 0.25) is 0 Å². The number of hydrogen-bond donors (Lipinski definition) is 3. The fraction of sp³-hybridized carbons (Fsp3) is 0.316. The van der Waals surface area contributed by atoms with Crippen LogP contribution in [0.25, 0.3) is 0 Å². The standard InChI is InChI=1S/C19H22N2O2/c1-13-5-7-14(8-6-13)18(22)12-21-19(23)17-4-2-3-15-11-20-10-9-16(15)17/h2-8,18,20,22H,9-12H2,1H3,(H,21,23)/t18-/m0/s1. The van der Waals surface area contributed by atoms with E-state index in [0.717, 1.165) is 41.8 Å². The zero-order valence-corrected chi connectivity index (χ0v) is 13.3. The van der Waals surface area contributed by atoms with E-state index in [9.17, 15) is 9.90 Å². The molecule has 1 atom stereocenters. The summed E-state index contributed by atoms with van der Waals surface area (Å²) in [4.78, 5) is 12.5. The van der Waals surface area contributed by atoms with Crippen molar-refractivity contribution < 1.29 is 9.90 Å². The van der Waals surface area contributed by atoms with Gasteiger partial charge in [0, 0.05) is 18.7 Å². The molecule has 120 valence electrons. The minimum Gasteiger partial charge on any atom is -0.387 e. The molecular formula is C19H22N2O2. The van der Waals surface area contributed by atoms with E-state index in [1.165, 1.54) is 5.56 Å². The van der Waals surface area contributed by atoms with E-state index in [-0.39, 0.29) is 12.5 Å². The number of aryl methyl sites for hydroxylation is 1. The highest BCUT2D eigenvalue weighted by Crippen LogP contribution is 2.19. The molecule has 4 nitrogen and oxygen atoms in total. The van der Waals surface area contributed by atoms with Gasteiger partial charge >= 0.3 is 0 Å². The highest BCUT2D eigenvalue weighted by atomic mass is 16.3. The third kappa shape index (κ3) is 3.60. The van der Waals surface area contributed by atoms with Crippen LogP contribution in [0.5, 0.6) is 0 Å². The van der Waals surface area contributed by atoms with Crippen molar-refractivity contribution in [2.75, 3.05) is 13.1 Å². The normalized spacial score (nSPS) is 14.9. The number of fused-ring (bicyclic) bond motifs is 1. The summed E-state index contributed by atoms with van der Waals surface area (Å²) in [5.41, 5.74) is 4.99. The number of aliphatic hydroxyl groups is 1. The Labute approximate surface area is 136 Å². The Morgan fingerprint density at radius 1 is 1.26 bits per heavy atom. The highest BCUT2D eigenvalue weighted by Gasteiger charge is 2.18. The van der Waals surface area contributed by atoms with E-state index in [0.29, 0.717) is 0 Å². The third-order valence-corrected chi connectivity index (χ3v) is 4.30. The summed E-state index contributed by atoms with van der Waals surface area (Å²) in [5.74, 6) is -0.116. The van der Waals surface area contributed by atoms with E-state index >= 15 is 0 Å². The summed E-state index contributed by atoms with van der Waals surface area (Å²) in [7, 11) is 0. The number of amides is 1. The minimum absolute atomic E-state index is 0.116. The van der Waals surface area contributed by atoms with E-state index in [1.54, 1.807) is 0 Å². The van der Waals surface area contributed by atoms with Crippen molar-refractivity contribution >= 4 is 5.91 Å². The maximum atomic E-state index is 12.5. The van der Waals surface area contributed by atoms with Crippen LogP contribution in [-0.2, 0) is 13.0 Å². The number of carbonyl (C=O) groups excluding carboxylic acids is 1. The number of benzene rings is 2. The molecule has 0 unspecified atom stereocenters. The van der Waals surface area contributed by atoms with Crippen molar-refractivity contribution in [3.05, 3.63) is 70.3 Å². The average molecular weight is 310 g/mol. The lowest BCUT2D eigenvalue weighted by Gasteiger charge is -2.20. The third-order valence-electron chi connectivity index (χ3n) is 4.30. The van der Waals surface area contributed by atoms with Gasteiger partial charge in [-0.1, -0.05) is 42.0 Å². The van der Waals surface area contributed by atoms with Crippen LogP contribution in [0.2, 0.25) is 0 Å². The van der Waals surface area contributed by atoms with Gasteiger partial charge in [0.25, 0.3) is 5.91 Å². The molecule has 1 aliphatic heterocycles. The molecule has 4 heteroatoms. The molecule has 2 aromatic carbocycles. The predicted octanol–water partition coefficient (Wildman–Crippen LogP) is 2.10. The number of hydrogen-bond acceptors (Lipinski definition) is 3. The monoisotopic (exact) mass is 310 g/mol. The van der Waals surface area contributed by atoms with Gasteiger partial charge in [-0.05, 0) is 42.6 Å². The zero-order valence-electron chi connectivity index (χ0n) is 13.3. The molecule has 0 saturated carbocycles. The first-order valence-electron chi connectivity index (χ1n) is 7.99. The van der Waals surface area contributed by atoms with Gasteiger partial charge in [-0.2, -0.15) is 0 Å². The predicted molar refractivity (Wildman–Crippen MR) is 90.3 cm³/mol. The first-order valence-corrected chi connectivity index (χ1v) is 7.99. The van der Waals surface area contributed by atoms with Crippen LogP contribution in [-0.4, -0.2) is 24.1 Å². The molecule has 1 aliphatic rings. The number of aliphatic hydroxyl groups excluding tert-OH is 1. The van der Waals surface area contributed by atoms with Crippen LogP contribution in [0.3, 0.4) is 0 Å². The molecular weight excluding hydrogens is 288 g/mol. The second-order valence-corrected chi connectivity index (χ2v) is 6.01. The lowest BCUT2D eigenvalue weighted by Crippen LogP contribution is -2.31. The summed E-state index contributed by atoms with van der Waals surface area (Å²) < 4.78 is 0. The van der Waals surface area contributed by atoms with E-state index < -0.39 is 6.10 Å². The van der Waals surface area contributed by atoms with Gasteiger partial charge in [-0.25, -0.2) is 0 Å². The van der Waals surface area contributed by atoms with Crippen molar-refractivity contribution in [1.82, 2.24) is 10.6 Å². The first-order chi connectivity index (χ1) is 11.1. The van der Waals surface area contributed by atoms with Crippen molar-refractivity contribution in [2.24, 2.45) is 0 Å². The maximum Gasteiger partial charge on any atom is 0.251 e. The molecule has 3 N–H and O–H groups in total. The summed E-state index contributed by atoms with van der Waals surface area (Å²) in [5, 5.41) is 16.4. The SMILES string of the molecule is Cc1ccc([C@@H](O)CNC(=O)c2cccc3c2CCNC3)cc1. The second kappa shape index (κ2) is 6.94. The van der Waals surface area contributed by atoms with Crippen LogP contribution in [0.15, 0.2) is 42.5 Å². The lowest BCUT2D eigenvalue weighted by molar-refractivity contribution is 0.0915. The zero-order chi connectivity index (χ0) is 16.2. The fourth-order valence-corrected chi connectivity index (χ4v) is 2.94. The molecule has 0 saturated heterocycles. The molecule has 1 amide bonds. The Balaban J connectivity index is 1.67. The average Bonchev–Trinajstić information content (AvgIpc) is 2.59. The van der Waals surface area contributed by atoms with Crippen molar-refractivity contribution in [1.29, 1.82) is 0 Å². The maximum absolute atomic E-state index is 12.5. The molecule has 0 aliphatic carbocycles. The first kappa shape index (κ1) is 15.7. The molecule has 0 aromatic heterocycles. The second-order valence-electron chi connectivity index (χ2n) is 6.01. The van der Waals surface area contributed by atoms with Gasteiger partial charge in [0.05, 0.1) is 6.10 Å². The van der Waals surface area contributed by atoms with Crippen LogP contribution >= 0.6 is 0 Å². The van der Waals surface area contributed by atoms with Crippen molar-refractivity contribution in [3.8, 4) is 0 Å². The van der Waals surface area contributed by atoms with Gasteiger partial charge < -0.3 is 15.7 Å². The van der Waals surface area contributed by atoms with Crippen LogP contribution in [0, 0.1) is 6.92 Å². The molecule has 0 fully saturated rings. The van der Waals surface area contributed by atoms with E-state index in [2.05, 4.69) is 16.7 Å². The summed E-state index contributed by atoms with van der Waals surface area (Å²) in [6, 6.07) is 13.5. The molecule has 2 aromatic rings. The van der Waals surface area contributed by atoms with Gasteiger partial charge in [-0.15, -0.1) is 0 Å². The van der Waals surface area contributed by atoms with E-state index in [1.807, 2.05) is 43.3 Å². The molecule has 23 heavy (non-hydrogen) atoms. The van der Waals surface area contributed by atoms with Crippen molar-refractivity contribution in [3.63, 3.8) is 0 Å². The molecule has 3 rings (SSSR count). The fourth-order valence-electron chi connectivity index (χ4n) is 2.94. The van der Waals surface area contributed by atoms with Gasteiger partial charge in [0.15, 0.2) is 0 Å². The van der Waals surface area contributed by atoms with Crippen LogP contribution < -0.4 is 10.6 Å². The molecule has 0 bridgehead atoms. The Bertz CT molecular complexity index is 695. The molecule has 1 heterocycles. The van der Waals surface area contributed by atoms with Gasteiger partial charge in [0.1, 0.15) is 0 Å². The number of rotatable bonds is 4. The summed E-state index contributed by atoms with van der Waals surface area (Å²) >= 11 is 0.